The molecule has 1 N–H and O–H groups in total. The van der Waals surface area contributed by atoms with Gasteiger partial charge in [0.05, 0.1) is 4.51 Å². The Morgan fingerprint density at radius 3 is 2.27 bits per heavy atom. The first-order valence-corrected chi connectivity index (χ1v) is 5.60. The van der Waals surface area contributed by atoms with Crippen molar-refractivity contribution >= 4 is 18.5 Å². The molecule has 0 radical (unpaired) electrons. The lowest BCUT2D eigenvalue weighted by atomic mass is 9.94. The van der Waals surface area contributed by atoms with E-state index in [9.17, 15) is 4.79 Å². The minimum atomic E-state index is 0.339. The van der Waals surface area contributed by atoms with Crippen LogP contribution in [-0.2, 0) is 0 Å². The van der Waals surface area contributed by atoms with Crippen LogP contribution in [0, 0.1) is 4.51 Å². The first-order chi connectivity index (χ1) is 6.99. The van der Waals surface area contributed by atoms with Crippen molar-refractivity contribution in [3.8, 4) is 0 Å². The van der Waals surface area contributed by atoms with E-state index in [4.69, 9.17) is 12.2 Å². The van der Waals surface area contributed by atoms with Crippen LogP contribution >= 0.6 is 12.2 Å². The van der Waals surface area contributed by atoms with Crippen molar-refractivity contribution in [2.75, 3.05) is 0 Å². The summed E-state index contributed by atoms with van der Waals surface area (Å²) in [6.07, 6.45) is 2.52. The number of nitrogens with one attached hydrogen (secondary N) is 1. The Morgan fingerprint density at radius 1 is 1.27 bits per heavy atom. The normalized spacial score (nSPS) is 11.1. The summed E-state index contributed by atoms with van der Waals surface area (Å²) in [6, 6.07) is 0. The third-order valence-corrected chi connectivity index (χ3v) is 2.92. The first-order valence-electron chi connectivity index (χ1n) is 5.19. The Hall–Kier alpha value is -0.960. The molecule has 0 aromatic carbocycles. The van der Waals surface area contributed by atoms with Crippen LogP contribution < -0.4 is 0 Å². The van der Waals surface area contributed by atoms with Crippen LogP contribution in [0.2, 0.25) is 0 Å². The average molecular weight is 223 g/mol. The third-order valence-electron chi connectivity index (χ3n) is 2.46. The smallest absolute Gasteiger partial charge is 0.152 e. The highest BCUT2D eigenvalue weighted by Crippen LogP contribution is 2.26. The molecule has 3 heteroatoms. The number of rotatable bonds is 3. The van der Waals surface area contributed by atoms with Gasteiger partial charge >= 0.3 is 0 Å². The number of aromatic nitrogens is 1. The summed E-state index contributed by atoms with van der Waals surface area (Å²) in [6.45, 7) is 8.43. The topological polar surface area (TPSA) is 32.9 Å². The maximum absolute atomic E-state index is 10.8. The summed E-state index contributed by atoms with van der Waals surface area (Å²) in [5, 5.41) is 0. The number of H-pyrrole nitrogens is 1. The van der Waals surface area contributed by atoms with Crippen molar-refractivity contribution in [3.63, 3.8) is 0 Å². The van der Waals surface area contributed by atoms with E-state index in [-0.39, 0.29) is 0 Å². The van der Waals surface area contributed by atoms with Gasteiger partial charge in [-0.05, 0) is 17.4 Å². The Labute approximate surface area is 95.7 Å². The number of aromatic amines is 1. The lowest BCUT2D eigenvalue weighted by Gasteiger charge is -2.16. The maximum Gasteiger partial charge on any atom is 0.152 e. The van der Waals surface area contributed by atoms with Gasteiger partial charge in [0, 0.05) is 17.5 Å². The molecule has 0 saturated carbocycles. The molecular formula is C12H17NOS. The molecular weight excluding hydrogens is 206 g/mol. The maximum atomic E-state index is 10.8. The van der Waals surface area contributed by atoms with Gasteiger partial charge in [-0.3, -0.25) is 4.79 Å². The molecule has 0 bridgehead atoms. The summed E-state index contributed by atoms with van der Waals surface area (Å²) in [5.74, 6) is 0.732. The van der Waals surface area contributed by atoms with E-state index in [0.29, 0.717) is 21.9 Å². The van der Waals surface area contributed by atoms with Crippen LogP contribution in [0.5, 0.6) is 0 Å². The second kappa shape index (κ2) is 4.71. The average Bonchev–Trinajstić information content (AvgIpc) is 2.16. The van der Waals surface area contributed by atoms with E-state index in [0.717, 1.165) is 17.5 Å². The number of aldehydes is 1. The van der Waals surface area contributed by atoms with Crippen LogP contribution in [0.3, 0.4) is 0 Å². The van der Waals surface area contributed by atoms with Crippen molar-refractivity contribution in [2.24, 2.45) is 0 Å². The minimum Gasteiger partial charge on any atom is -0.364 e. The first kappa shape index (κ1) is 12.1. The summed E-state index contributed by atoms with van der Waals surface area (Å²) in [4.78, 5) is 14.0. The predicted octanol–water partition coefficient (Wildman–Crippen LogP) is 3.80. The summed E-state index contributed by atoms with van der Waals surface area (Å²) in [5.41, 5.74) is 2.82. The highest BCUT2D eigenvalue weighted by molar-refractivity contribution is 7.71. The van der Waals surface area contributed by atoms with Gasteiger partial charge in [0.1, 0.15) is 0 Å². The zero-order chi connectivity index (χ0) is 11.6. The largest absolute Gasteiger partial charge is 0.364 e. The minimum absolute atomic E-state index is 0.339. The van der Waals surface area contributed by atoms with Gasteiger partial charge in [0.2, 0.25) is 0 Å². The number of carbonyl (C=O) groups excluding carboxylic acids is 1. The molecule has 1 aromatic rings. The molecule has 0 unspecified atom stereocenters. The molecule has 1 rings (SSSR count). The molecule has 0 saturated heterocycles. The Kier molecular flexibility index (Phi) is 3.80. The van der Waals surface area contributed by atoms with Crippen LogP contribution in [0.4, 0.5) is 0 Å². The number of pyridine rings is 1. The molecule has 2 nitrogen and oxygen atoms in total. The number of hydrogen-bond acceptors (Lipinski definition) is 2. The van der Waals surface area contributed by atoms with E-state index in [2.05, 4.69) is 32.7 Å². The molecule has 0 spiro atoms. The monoisotopic (exact) mass is 223 g/mol. The van der Waals surface area contributed by atoms with E-state index in [1.54, 1.807) is 6.20 Å². The standard InChI is InChI=1S/C12H17NOS/c1-7(2)10-11(8(3)4)13-5-9(6-14)12(10)15/h5-8H,1-4H3,(H,13,15). The van der Waals surface area contributed by atoms with Crippen LogP contribution in [0.1, 0.15) is 61.1 Å². The van der Waals surface area contributed by atoms with Crippen LogP contribution in [-0.4, -0.2) is 11.3 Å². The molecule has 0 aliphatic carbocycles. The fourth-order valence-corrected chi connectivity index (χ4v) is 2.17. The second-order valence-corrected chi connectivity index (χ2v) is 4.74. The van der Waals surface area contributed by atoms with E-state index in [1.807, 2.05) is 0 Å². The number of hydrogen-bond donors (Lipinski definition) is 1. The Morgan fingerprint density at radius 2 is 1.87 bits per heavy atom. The van der Waals surface area contributed by atoms with Gasteiger partial charge in [-0.2, -0.15) is 0 Å². The third kappa shape index (κ3) is 2.34. The zero-order valence-corrected chi connectivity index (χ0v) is 10.4. The summed E-state index contributed by atoms with van der Waals surface area (Å²) < 4.78 is 0.697. The predicted molar refractivity (Wildman–Crippen MR) is 65.2 cm³/mol. The molecule has 82 valence electrons. The molecule has 0 aliphatic heterocycles. The van der Waals surface area contributed by atoms with Gasteiger partial charge in [-0.25, -0.2) is 0 Å². The van der Waals surface area contributed by atoms with Gasteiger partial charge in [0.15, 0.2) is 6.29 Å². The van der Waals surface area contributed by atoms with Crippen molar-refractivity contribution in [1.29, 1.82) is 0 Å². The fraction of sp³-hybridized carbons (Fsp3) is 0.500. The highest BCUT2D eigenvalue weighted by Gasteiger charge is 2.13. The summed E-state index contributed by atoms with van der Waals surface area (Å²) in [7, 11) is 0. The van der Waals surface area contributed by atoms with Gasteiger partial charge in [0.25, 0.3) is 0 Å². The Bertz CT molecular complexity index is 418. The van der Waals surface area contributed by atoms with Crippen LogP contribution in [0.25, 0.3) is 0 Å². The van der Waals surface area contributed by atoms with Gasteiger partial charge in [-0.15, -0.1) is 0 Å². The Balaban J connectivity index is 3.51. The molecule has 0 aliphatic rings. The van der Waals surface area contributed by atoms with E-state index < -0.39 is 0 Å². The summed E-state index contributed by atoms with van der Waals surface area (Å²) >= 11 is 5.32. The second-order valence-electron chi connectivity index (χ2n) is 4.33. The SMILES string of the molecule is CC(C)c1[nH]cc(C=O)c(=S)c1C(C)C. The van der Waals surface area contributed by atoms with E-state index >= 15 is 0 Å². The van der Waals surface area contributed by atoms with Crippen molar-refractivity contribution in [3.05, 3.63) is 27.5 Å². The fourth-order valence-electron chi connectivity index (χ4n) is 1.72. The van der Waals surface area contributed by atoms with Gasteiger partial charge < -0.3 is 4.98 Å². The number of carbonyl (C=O) groups is 1. The van der Waals surface area contributed by atoms with E-state index in [1.165, 1.54) is 0 Å². The van der Waals surface area contributed by atoms with Crippen LogP contribution in [0.15, 0.2) is 6.20 Å². The lowest BCUT2D eigenvalue weighted by Crippen LogP contribution is -2.05. The molecule has 0 atom stereocenters. The lowest BCUT2D eigenvalue weighted by molar-refractivity contribution is 0.112. The molecule has 1 heterocycles. The van der Waals surface area contributed by atoms with Crippen molar-refractivity contribution in [1.82, 2.24) is 4.98 Å². The molecule has 0 fully saturated rings. The van der Waals surface area contributed by atoms with Crippen molar-refractivity contribution in [2.45, 2.75) is 39.5 Å². The molecule has 1 aromatic heterocycles. The molecule has 0 amide bonds. The quantitative estimate of drug-likeness (QED) is 0.624. The van der Waals surface area contributed by atoms with Crippen molar-refractivity contribution < 1.29 is 4.79 Å². The molecule has 15 heavy (non-hydrogen) atoms. The highest BCUT2D eigenvalue weighted by atomic mass is 32.1. The zero-order valence-electron chi connectivity index (χ0n) is 9.63. The van der Waals surface area contributed by atoms with Gasteiger partial charge in [-0.1, -0.05) is 39.9 Å².